The van der Waals surface area contributed by atoms with Crippen molar-refractivity contribution in [3.05, 3.63) is 33.9 Å². The zero-order chi connectivity index (χ0) is 15.3. The summed E-state index contributed by atoms with van der Waals surface area (Å²) in [4.78, 5) is 23.5. The van der Waals surface area contributed by atoms with Gasteiger partial charge in [-0.1, -0.05) is 0 Å². The van der Waals surface area contributed by atoms with Gasteiger partial charge in [0.1, 0.15) is 5.69 Å². The predicted molar refractivity (Wildman–Crippen MR) is 72.7 cm³/mol. The summed E-state index contributed by atoms with van der Waals surface area (Å²) in [6.07, 6.45) is 0. The van der Waals surface area contributed by atoms with E-state index in [0.717, 1.165) is 6.07 Å². The van der Waals surface area contributed by atoms with Gasteiger partial charge in [0.05, 0.1) is 24.2 Å². The quantitative estimate of drug-likeness (QED) is 0.502. The van der Waals surface area contributed by atoms with Crippen LogP contribution in [0.4, 0.5) is 11.4 Å². The van der Waals surface area contributed by atoms with Crippen molar-refractivity contribution < 1.29 is 19.9 Å². The molecule has 0 fully saturated rings. The van der Waals surface area contributed by atoms with Gasteiger partial charge in [-0.15, -0.1) is 0 Å². The van der Waals surface area contributed by atoms with E-state index in [1.807, 2.05) is 0 Å². The van der Waals surface area contributed by atoms with E-state index in [1.54, 1.807) is 14.1 Å². The van der Waals surface area contributed by atoms with Crippen LogP contribution >= 0.6 is 0 Å². The normalized spacial score (nSPS) is 10.4. The van der Waals surface area contributed by atoms with Gasteiger partial charge in [-0.3, -0.25) is 14.9 Å². The number of anilines is 1. The second-order valence-electron chi connectivity index (χ2n) is 4.40. The fourth-order valence-corrected chi connectivity index (χ4v) is 1.56. The van der Waals surface area contributed by atoms with Crippen molar-refractivity contribution in [2.75, 3.05) is 32.6 Å². The summed E-state index contributed by atoms with van der Waals surface area (Å²) in [7, 11) is 3.10. The van der Waals surface area contributed by atoms with E-state index in [4.69, 9.17) is 10.2 Å². The Kier molecular flexibility index (Phi) is 5.42. The lowest BCUT2D eigenvalue weighted by molar-refractivity contribution is -0.384. The van der Waals surface area contributed by atoms with E-state index in [-0.39, 0.29) is 36.1 Å². The molecule has 0 aliphatic rings. The second kappa shape index (κ2) is 6.83. The number of nitrogens with zero attached hydrogens (tertiary/aromatic N) is 2. The lowest BCUT2D eigenvalue weighted by Crippen LogP contribution is -2.28. The Hall–Kier alpha value is -2.19. The van der Waals surface area contributed by atoms with Crippen LogP contribution in [0.3, 0.4) is 0 Å². The number of hydrogen-bond acceptors (Lipinski definition) is 6. The average Bonchev–Trinajstić information content (AvgIpc) is 2.43. The van der Waals surface area contributed by atoms with Crippen molar-refractivity contribution in [1.29, 1.82) is 0 Å². The molecule has 0 bridgehead atoms. The molecule has 0 saturated heterocycles. The number of nitro groups is 1. The fraction of sp³-hybridized carbons (Fsp3) is 0.417. The molecule has 1 aromatic rings. The third kappa shape index (κ3) is 3.65. The molecule has 0 unspecified atom stereocenters. The van der Waals surface area contributed by atoms with Crippen LogP contribution < -0.4 is 5.32 Å². The maximum atomic E-state index is 11.8. The number of rotatable bonds is 6. The minimum absolute atomic E-state index is 0.137. The maximum absolute atomic E-state index is 11.8. The number of hydrogen-bond donors (Lipinski definition) is 3. The Bertz CT molecular complexity index is 500. The summed E-state index contributed by atoms with van der Waals surface area (Å²) < 4.78 is 0. The molecule has 1 amide bonds. The summed E-state index contributed by atoms with van der Waals surface area (Å²) in [6, 6.07) is 3.29. The molecule has 1 aromatic carbocycles. The topological polar surface area (TPSA) is 116 Å². The number of carbonyl (C=O) groups is 1. The molecule has 3 N–H and O–H groups in total. The molecule has 0 heterocycles. The second-order valence-corrected chi connectivity index (χ2v) is 4.40. The van der Waals surface area contributed by atoms with Crippen molar-refractivity contribution in [3.8, 4) is 0 Å². The standard InChI is InChI=1S/C12H17N3O5/c1-14(2)12(18)8-3-4-10(11(5-8)15(19)20)13-9(6-16)7-17/h3-5,9,13,16-17H,6-7H2,1-2H3. The van der Waals surface area contributed by atoms with Crippen LogP contribution in [0.25, 0.3) is 0 Å². The van der Waals surface area contributed by atoms with Crippen LogP contribution in [-0.2, 0) is 0 Å². The monoisotopic (exact) mass is 283 g/mol. The zero-order valence-electron chi connectivity index (χ0n) is 11.2. The summed E-state index contributed by atoms with van der Waals surface area (Å²) in [5.41, 5.74) is 0.0415. The highest BCUT2D eigenvalue weighted by molar-refractivity contribution is 5.95. The molecule has 1 rings (SSSR count). The van der Waals surface area contributed by atoms with E-state index in [0.29, 0.717) is 0 Å². The third-order valence-corrected chi connectivity index (χ3v) is 2.65. The number of aliphatic hydroxyl groups is 2. The van der Waals surface area contributed by atoms with Gasteiger partial charge in [0.25, 0.3) is 11.6 Å². The van der Waals surface area contributed by atoms with E-state index >= 15 is 0 Å². The number of nitrogens with one attached hydrogen (secondary N) is 1. The molecule has 110 valence electrons. The van der Waals surface area contributed by atoms with Gasteiger partial charge < -0.3 is 20.4 Å². The molecule has 0 aliphatic heterocycles. The smallest absolute Gasteiger partial charge is 0.293 e. The van der Waals surface area contributed by atoms with E-state index in [9.17, 15) is 14.9 Å². The van der Waals surface area contributed by atoms with Crippen LogP contribution in [0, 0.1) is 10.1 Å². The Morgan fingerprint density at radius 1 is 1.40 bits per heavy atom. The zero-order valence-corrected chi connectivity index (χ0v) is 11.2. The summed E-state index contributed by atoms with van der Waals surface area (Å²) >= 11 is 0. The van der Waals surface area contributed by atoms with Crippen LogP contribution in [0.5, 0.6) is 0 Å². The van der Waals surface area contributed by atoms with Crippen molar-refractivity contribution >= 4 is 17.3 Å². The first-order chi connectivity index (χ1) is 9.40. The van der Waals surface area contributed by atoms with E-state index < -0.39 is 11.0 Å². The molecule has 0 aromatic heterocycles. The van der Waals surface area contributed by atoms with Gasteiger partial charge in [-0.2, -0.15) is 0 Å². The van der Waals surface area contributed by atoms with Gasteiger partial charge in [-0.05, 0) is 12.1 Å². The highest BCUT2D eigenvalue weighted by atomic mass is 16.6. The van der Waals surface area contributed by atoms with Crippen molar-refractivity contribution in [3.63, 3.8) is 0 Å². The number of amides is 1. The molecule has 8 heteroatoms. The first kappa shape index (κ1) is 15.9. The molecule has 0 atom stereocenters. The van der Waals surface area contributed by atoms with Crippen LogP contribution in [0.1, 0.15) is 10.4 Å². The Balaban J connectivity index is 3.14. The third-order valence-electron chi connectivity index (χ3n) is 2.65. The molecule has 0 saturated carbocycles. The van der Waals surface area contributed by atoms with E-state index in [1.165, 1.54) is 17.0 Å². The lowest BCUT2D eigenvalue weighted by Gasteiger charge is -2.16. The predicted octanol–water partition coefficient (Wildman–Crippen LogP) is 0.0617. The molecular weight excluding hydrogens is 266 g/mol. The first-order valence-electron chi connectivity index (χ1n) is 5.89. The lowest BCUT2D eigenvalue weighted by atomic mass is 10.1. The fourth-order valence-electron chi connectivity index (χ4n) is 1.56. The largest absolute Gasteiger partial charge is 0.394 e. The average molecular weight is 283 g/mol. The Morgan fingerprint density at radius 2 is 2.00 bits per heavy atom. The molecule has 0 aliphatic carbocycles. The molecule has 8 nitrogen and oxygen atoms in total. The Labute approximate surface area is 115 Å². The van der Waals surface area contributed by atoms with Gasteiger partial charge in [-0.25, -0.2) is 0 Å². The summed E-state index contributed by atoms with van der Waals surface area (Å²) in [6.45, 7) is -0.738. The van der Waals surface area contributed by atoms with Gasteiger partial charge in [0.2, 0.25) is 0 Å². The number of benzene rings is 1. The number of aliphatic hydroxyl groups excluding tert-OH is 2. The van der Waals surface area contributed by atoms with Gasteiger partial charge in [0, 0.05) is 25.7 Å². The van der Waals surface area contributed by atoms with Gasteiger partial charge >= 0.3 is 0 Å². The molecule has 0 spiro atoms. The SMILES string of the molecule is CN(C)C(=O)c1ccc(NC(CO)CO)c([N+](=O)[O-])c1. The van der Waals surface area contributed by atoms with Crippen molar-refractivity contribution in [2.45, 2.75) is 6.04 Å². The maximum Gasteiger partial charge on any atom is 0.293 e. The minimum Gasteiger partial charge on any atom is -0.394 e. The van der Waals surface area contributed by atoms with Crippen LogP contribution in [-0.4, -0.2) is 59.3 Å². The van der Waals surface area contributed by atoms with Crippen molar-refractivity contribution in [2.24, 2.45) is 0 Å². The van der Waals surface area contributed by atoms with Crippen molar-refractivity contribution in [1.82, 2.24) is 4.90 Å². The highest BCUT2D eigenvalue weighted by Crippen LogP contribution is 2.26. The minimum atomic E-state index is -0.705. The van der Waals surface area contributed by atoms with Crippen LogP contribution in [0.2, 0.25) is 0 Å². The molecule has 0 radical (unpaired) electrons. The first-order valence-corrected chi connectivity index (χ1v) is 5.89. The summed E-state index contributed by atoms with van der Waals surface area (Å²) in [5, 5.41) is 31.7. The highest BCUT2D eigenvalue weighted by Gasteiger charge is 2.20. The number of nitro benzene ring substituents is 1. The summed E-state index contributed by atoms with van der Waals surface area (Å²) in [5.74, 6) is -0.347. The number of carbonyl (C=O) groups excluding carboxylic acids is 1. The van der Waals surface area contributed by atoms with E-state index in [2.05, 4.69) is 5.32 Å². The van der Waals surface area contributed by atoms with Gasteiger partial charge in [0.15, 0.2) is 0 Å². The molecular formula is C12H17N3O5. The van der Waals surface area contributed by atoms with Crippen LogP contribution in [0.15, 0.2) is 18.2 Å². The molecule has 20 heavy (non-hydrogen) atoms. The Morgan fingerprint density at radius 3 is 2.45 bits per heavy atom.